The molecule has 1 saturated heterocycles. The maximum Gasteiger partial charge on any atom is 0.240 e. The summed E-state index contributed by atoms with van der Waals surface area (Å²) >= 11 is 0. The van der Waals surface area contributed by atoms with Crippen molar-refractivity contribution in [3.8, 4) is 0 Å². The minimum atomic E-state index is 0.0591. The predicted octanol–water partition coefficient (Wildman–Crippen LogP) is 2.02. The van der Waals surface area contributed by atoms with Crippen molar-refractivity contribution in [1.82, 2.24) is 10.2 Å². The average Bonchev–Trinajstić information content (AvgIpc) is 2.70. The van der Waals surface area contributed by atoms with E-state index >= 15 is 0 Å². The molecule has 2 aliphatic rings. The number of nitrogens with one attached hydrogen (secondary N) is 1. The molecular formula is C14H26N2O. The summed E-state index contributed by atoms with van der Waals surface area (Å²) < 4.78 is 0. The summed E-state index contributed by atoms with van der Waals surface area (Å²) in [6.07, 6.45) is 2.25. The van der Waals surface area contributed by atoms with E-state index in [1.54, 1.807) is 0 Å². The van der Waals surface area contributed by atoms with Crippen LogP contribution in [-0.2, 0) is 4.79 Å². The van der Waals surface area contributed by atoms with Crippen molar-refractivity contribution in [3.05, 3.63) is 0 Å². The molecule has 1 N–H and O–H groups in total. The van der Waals surface area contributed by atoms with E-state index in [0.717, 1.165) is 18.9 Å². The number of nitrogens with zero attached hydrogens (tertiary/aromatic N) is 1. The molecule has 0 aromatic rings. The molecule has 0 spiro atoms. The molecule has 98 valence electrons. The largest absolute Gasteiger partial charge is 0.339 e. The first kappa shape index (κ1) is 12.9. The third-order valence-corrected chi connectivity index (χ3v) is 4.52. The normalized spacial score (nSPS) is 33.3. The van der Waals surface area contributed by atoms with E-state index in [-0.39, 0.29) is 6.04 Å². The second kappa shape index (κ2) is 4.27. The second-order valence-electron chi connectivity index (χ2n) is 6.72. The maximum absolute atomic E-state index is 12.2. The zero-order chi connectivity index (χ0) is 12.8. The van der Waals surface area contributed by atoms with Gasteiger partial charge in [0.25, 0.3) is 0 Å². The number of amides is 1. The van der Waals surface area contributed by atoms with Crippen LogP contribution >= 0.6 is 0 Å². The van der Waals surface area contributed by atoms with Gasteiger partial charge in [0.05, 0.1) is 6.04 Å². The van der Waals surface area contributed by atoms with E-state index < -0.39 is 0 Å². The summed E-state index contributed by atoms with van der Waals surface area (Å²) in [5.41, 5.74) is 0.478. The van der Waals surface area contributed by atoms with Crippen molar-refractivity contribution in [2.75, 3.05) is 6.54 Å². The van der Waals surface area contributed by atoms with E-state index in [4.69, 9.17) is 0 Å². The standard InChI is InChI=1S/C14H26N2O/c1-9(2)16-7-6-12(13(16)17)15-10(3)11-8-14(11,4)5/h9-12,15H,6-8H2,1-5H3. The van der Waals surface area contributed by atoms with Crippen LogP contribution < -0.4 is 5.32 Å². The maximum atomic E-state index is 12.2. The summed E-state index contributed by atoms with van der Waals surface area (Å²) in [5.74, 6) is 1.04. The SMILES string of the molecule is CC(NC1CCN(C(C)C)C1=O)C1CC1(C)C. The monoisotopic (exact) mass is 238 g/mol. The van der Waals surface area contributed by atoms with Crippen LogP contribution in [0.1, 0.15) is 47.5 Å². The van der Waals surface area contributed by atoms with Gasteiger partial charge in [0, 0.05) is 18.6 Å². The molecule has 1 aliphatic heterocycles. The van der Waals surface area contributed by atoms with Gasteiger partial charge in [-0.2, -0.15) is 0 Å². The zero-order valence-corrected chi connectivity index (χ0v) is 11.8. The van der Waals surface area contributed by atoms with Crippen LogP contribution in [-0.4, -0.2) is 35.5 Å². The van der Waals surface area contributed by atoms with Gasteiger partial charge in [0.15, 0.2) is 0 Å². The fourth-order valence-electron chi connectivity index (χ4n) is 3.16. The highest BCUT2D eigenvalue weighted by Gasteiger charge is 2.49. The molecule has 3 nitrogen and oxygen atoms in total. The van der Waals surface area contributed by atoms with Gasteiger partial charge >= 0.3 is 0 Å². The van der Waals surface area contributed by atoms with E-state index in [1.165, 1.54) is 6.42 Å². The average molecular weight is 238 g/mol. The van der Waals surface area contributed by atoms with Gasteiger partial charge in [-0.3, -0.25) is 4.79 Å². The summed E-state index contributed by atoms with van der Waals surface area (Å²) in [6.45, 7) is 11.9. The summed E-state index contributed by atoms with van der Waals surface area (Å²) in [6, 6.07) is 0.858. The van der Waals surface area contributed by atoms with Crippen molar-refractivity contribution in [2.45, 2.75) is 65.6 Å². The third-order valence-electron chi connectivity index (χ3n) is 4.52. The first-order valence-corrected chi connectivity index (χ1v) is 6.89. The quantitative estimate of drug-likeness (QED) is 0.812. The van der Waals surface area contributed by atoms with Crippen LogP contribution in [0.15, 0.2) is 0 Å². The van der Waals surface area contributed by atoms with Gasteiger partial charge in [-0.1, -0.05) is 13.8 Å². The highest BCUT2D eigenvalue weighted by molar-refractivity contribution is 5.84. The first-order valence-electron chi connectivity index (χ1n) is 6.89. The molecule has 0 bridgehead atoms. The lowest BCUT2D eigenvalue weighted by atomic mass is 10.0. The second-order valence-corrected chi connectivity index (χ2v) is 6.72. The Hall–Kier alpha value is -0.570. The molecule has 3 atom stereocenters. The third kappa shape index (κ3) is 2.49. The molecule has 0 radical (unpaired) electrons. The molecule has 0 aromatic heterocycles. The molecule has 2 rings (SSSR count). The van der Waals surface area contributed by atoms with Crippen LogP contribution in [0.5, 0.6) is 0 Å². The fourth-order valence-corrected chi connectivity index (χ4v) is 3.16. The molecule has 1 aliphatic carbocycles. The molecule has 1 amide bonds. The molecule has 3 heteroatoms. The van der Waals surface area contributed by atoms with Gasteiger partial charge in [0.1, 0.15) is 0 Å². The number of carbonyl (C=O) groups excluding carboxylic acids is 1. The lowest BCUT2D eigenvalue weighted by molar-refractivity contribution is -0.131. The van der Waals surface area contributed by atoms with Crippen LogP contribution in [0, 0.1) is 11.3 Å². The minimum absolute atomic E-state index is 0.0591. The van der Waals surface area contributed by atoms with Crippen LogP contribution in [0.25, 0.3) is 0 Å². The number of hydrogen-bond acceptors (Lipinski definition) is 2. The van der Waals surface area contributed by atoms with Crippen molar-refractivity contribution in [3.63, 3.8) is 0 Å². The van der Waals surface area contributed by atoms with Crippen molar-refractivity contribution < 1.29 is 4.79 Å². The van der Waals surface area contributed by atoms with Crippen molar-refractivity contribution >= 4 is 5.91 Å². The number of rotatable bonds is 4. The molecule has 3 unspecified atom stereocenters. The minimum Gasteiger partial charge on any atom is -0.339 e. The molecule has 17 heavy (non-hydrogen) atoms. The fraction of sp³-hybridized carbons (Fsp3) is 0.929. The number of likely N-dealkylation sites (tertiary alicyclic amines) is 1. The van der Waals surface area contributed by atoms with Crippen molar-refractivity contribution in [2.24, 2.45) is 11.3 Å². The van der Waals surface area contributed by atoms with Crippen LogP contribution in [0.4, 0.5) is 0 Å². The summed E-state index contributed by atoms with van der Waals surface area (Å²) in [5, 5.41) is 3.54. The van der Waals surface area contributed by atoms with Gasteiger partial charge in [0.2, 0.25) is 5.91 Å². The number of carbonyl (C=O) groups is 1. The van der Waals surface area contributed by atoms with Gasteiger partial charge in [-0.15, -0.1) is 0 Å². The molecule has 1 saturated carbocycles. The Labute approximate surface area is 105 Å². The smallest absolute Gasteiger partial charge is 0.240 e. The van der Waals surface area contributed by atoms with Gasteiger partial charge in [-0.05, 0) is 44.9 Å². The molecule has 2 fully saturated rings. The lowest BCUT2D eigenvalue weighted by Crippen LogP contribution is -2.45. The van der Waals surface area contributed by atoms with E-state index in [0.29, 0.717) is 23.4 Å². The summed E-state index contributed by atoms with van der Waals surface area (Å²) in [4.78, 5) is 14.1. The van der Waals surface area contributed by atoms with Crippen molar-refractivity contribution in [1.29, 1.82) is 0 Å². The van der Waals surface area contributed by atoms with Gasteiger partial charge in [-0.25, -0.2) is 0 Å². The van der Waals surface area contributed by atoms with Crippen LogP contribution in [0.2, 0.25) is 0 Å². The first-order chi connectivity index (χ1) is 7.83. The van der Waals surface area contributed by atoms with Crippen LogP contribution in [0.3, 0.4) is 0 Å². The highest BCUT2D eigenvalue weighted by atomic mass is 16.2. The Balaban J connectivity index is 1.87. The topological polar surface area (TPSA) is 32.3 Å². The Kier molecular flexibility index (Phi) is 3.23. The Morgan fingerprint density at radius 3 is 2.35 bits per heavy atom. The predicted molar refractivity (Wildman–Crippen MR) is 69.7 cm³/mol. The Morgan fingerprint density at radius 2 is 1.94 bits per heavy atom. The molecular weight excluding hydrogens is 212 g/mol. The summed E-state index contributed by atoms with van der Waals surface area (Å²) in [7, 11) is 0. The Bertz CT molecular complexity index is 311. The molecule has 1 heterocycles. The zero-order valence-electron chi connectivity index (χ0n) is 11.8. The van der Waals surface area contributed by atoms with E-state index in [2.05, 4.69) is 39.9 Å². The van der Waals surface area contributed by atoms with Gasteiger partial charge < -0.3 is 10.2 Å². The van der Waals surface area contributed by atoms with E-state index in [1.807, 2.05) is 4.90 Å². The lowest BCUT2D eigenvalue weighted by Gasteiger charge is -2.23. The highest BCUT2D eigenvalue weighted by Crippen LogP contribution is 2.53. The van der Waals surface area contributed by atoms with E-state index in [9.17, 15) is 4.79 Å². The molecule has 0 aromatic carbocycles. The number of hydrogen-bond donors (Lipinski definition) is 1. The Morgan fingerprint density at radius 1 is 1.35 bits per heavy atom.